The fourth-order valence-corrected chi connectivity index (χ4v) is 1.83. The topological polar surface area (TPSA) is 3.24 Å². The SMILES string of the molecule is CCCCCCCN1CC=CCC1. The summed E-state index contributed by atoms with van der Waals surface area (Å²) in [6.45, 7) is 6.06. The number of hydrogen-bond donors (Lipinski definition) is 0. The molecule has 0 bridgehead atoms. The number of nitrogens with zero attached hydrogens (tertiary/aromatic N) is 1. The second-order valence-electron chi connectivity index (χ2n) is 3.97. The Morgan fingerprint density at radius 2 is 1.92 bits per heavy atom. The molecule has 1 heteroatoms. The number of rotatable bonds is 6. The van der Waals surface area contributed by atoms with Gasteiger partial charge in [-0.3, -0.25) is 4.90 Å². The van der Waals surface area contributed by atoms with E-state index < -0.39 is 0 Å². The van der Waals surface area contributed by atoms with Gasteiger partial charge in [0.25, 0.3) is 0 Å². The van der Waals surface area contributed by atoms with E-state index in [1.165, 1.54) is 58.2 Å². The van der Waals surface area contributed by atoms with Crippen LogP contribution in [0, 0.1) is 0 Å². The Bertz CT molecular complexity index is 140. The average molecular weight is 181 g/mol. The predicted molar refractivity (Wildman–Crippen MR) is 59.0 cm³/mol. The van der Waals surface area contributed by atoms with Gasteiger partial charge in [0.2, 0.25) is 0 Å². The van der Waals surface area contributed by atoms with Gasteiger partial charge >= 0.3 is 0 Å². The minimum Gasteiger partial charge on any atom is -0.299 e. The van der Waals surface area contributed by atoms with Crippen molar-refractivity contribution in [2.24, 2.45) is 0 Å². The zero-order valence-corrected chi connectivity index (χ0v) is 8.97. The van der Waals surface area contributed by atoms with Gasteiger partial charge in [-0.15, -0.1) is 0 Å². The molecule has 0 amide bonds. The van der Waals surface area contributed by atoms with Gasteiger partial charge in [-0.1, -0.05) is 44.8 Å². The molecule has 0 aromatic heterocycles. The zero-order valence-electron chi connectivity index (χ0n) is 8.97. The van der Waals surface area contributed by atoms with Crippen LogP contribution in [0.15, 0.2) is 12.2 Å². The molecular formula is C12H23N. The van der Waals surface area contributed by atoms with E-state index in [0.29, 0.717) is 0 Å². The van der Waals surface area contributed by atoms with Gasteiger partial charge in [0.15, 0.2) is 0 Å². The van der Waals surface area contributed by atoms with E-state index >= 15 is 0 Å². The second kappa shape index (κ2) is 7.14. The van der Waals surface area contributed by atoms with Crippen molar-refractivity contribution in [2.75, 3.05) is 19.6 Å². The second-order valence-corrected chi connectivity index (χ2v) is 3.97. The van der Waals surface area contributed by atoms with Gasteiger partial charge < -0.3 is 0 Å². The lowest BCUT2D eigenvalue weighted by Crippen LogP contribution is -2.28. The fraction of sp³-hybridized carbons (Fsp3) is 0.833. The van der Waals surface area contributed by atoms with E-state index in [9.17, 15) is 0 Å². The van der Waals surface area contributed by atoms with Gasteiger partial charge in [-0.2, -0.15) is 0 Å². The Morgan fingerprint density at radius 3 is 2.62 bits per heavy atom. The first-order valence-electron chi connectivity index (χ1n) is 5.81. The molecule has 1 aliphatic heterocycles. The summed E-state index contributed by atoms with van der Waals surface area (Å²) < 4.78 is 0. The maximum atomic E-state index is 2.56. The molecule has 0 N–H and O–H groups in total. The largest absolute Gasteiger partial charge is 0.299 e. The third kappa shape index (κ3) is 5.09. The van der Waals surface area contributed by atoms with Crippen molar-refractivity contribution in [1.29, 1.82) is 0 Å². The van der Waals surface area contributed by atoms with Crippen molar-refractivity contribution in [3.8, 4) is 0 Å². The van der Waals surface area contributed by atoms with E-state index in [2.05, 4.69) is 24.0 Å². The fourth-order valence-electron chi connectivity index (χ4n) is 1.83. The first-order valence-corrected chi connectivity index (χ1v) is 5.81. The van der Waals surface area contributed by atoms with Crippen molar-refractivity contribution in [3.63, 3.8) is 0 Å². The van der Waals surface area contributed by atoms with Crippen molar-refractivity contribution in [2.45, 2.75) is 45.4 Å². The lowest BCUT2D eigenvalue weighted by atomic mass is 10.1. The van der Waals surface area contributed by atoms with Crippen LogP contribution < -0.4 is 0 Å². The Kier molecular flexibility index (Phi) is 5.92. The molecule has 0 saturated carbocycles. The smallest absolute Gasteiger partial charge is 0.0163 e. The van der Waals surface area contributed by atoms with E-state index in [1.807, 2.05) is 0 Å². The molecular weight excluding hydrogens is 158 g/mol. The Labute approximate surface area is 82.8 Å². The normalized spacial score (nSPS) is 17.9. The molecule has 0 saturated heterocycles. The van der Waals surface area contributed by atoms with E-state index in [0.717, 1.165) is 0 Å². The van der Waals surface area contributed by atoms with Gasteiger partial charge in [0.1, 0.15) is 0 Å². The van der Waals surface area contributed by atoms with E-state index in [-0.39, 0.29) is 0 Å². The summed E-state index contributed by atoms with van der Waals surface area (Å²) in [5, 5.41) is 0. The molecule has 0 unspecified atom stereocenters. The summed E-state index contributed by atoms with van der Waals surface area (Å²) in [6.07, 6.45) is 12.9. The molecule has 0 aliphatic carbocycles. The van der Waals surface area contributed by atoms with Crippen LogP contribution in [0.3, 0.4) is 0 Å². The monoisotopic (exact) mass is 181 g/mol. The Hall–Kier alpha value is -0.300. The molecule has 1 aliphatic rings. The highest BCUT2D eigenvalue weighted by atomic mass is 15.1. The highest BCUT2D eigenvalue weighted by Gasteiger charge is 2.04. The van der Waals surface area contributed by atoms with Gasteiger partial charge in [0.05, 0.1) is 0 Å². The summed E-state index contributed by atoms with van der Waals surface area (Å²) in [5.41, 5.74) is 0. The molecule has 0 aromatic carbocycles. The van der Waals surface area contributed by atoms with Crippen molar-refractivity contribution in [3.05, 3.63) is 12.2 Å². The van der Waals surface area contributed by atoms with Crippen LogP contribution in [-0.4, -0.2) is 24.5 Å². The molecule has 1 heterocycles. The van der Waals surface area contributed by atoms with Crippen LogP contribution in [0.5, 0.6) is 0 Å². The first kappa shape index (κ1) is 10.8. The summed E-state index contributed by atoms with van der Waals surface area (Å²) in [7, 11) is 0. The van der Waals surface area contributed by atoms with Crippen molar-refractivity contribution >= 4 is 0 Å². The first-order chi connectivity index (χ1) is 6.43. The summed E-state index contributed by atoms with van der Waals surface area (Å²) >= 11 is 0. The van der Waals surface area contributed by atoms with Crippen LogP contribution in [0.2, 0.25) is 0 Å². The van der Waals surface area contributed by atoms with Crippen LogP contribution in [-0.2, 0) is 0 Å². The minimum absolute atomic E-state index is 1.19. The van der Waals surface area contributed by atoms with Gasteiger partial charge in [-0.25, -0.2) is 0 Å². The van der Waals surface area contributed by atoms with Crippen molar-refractivity contribution < 1.29 is 0 Å². The summed E-state index contributed by atoms with van der Waals surface area (Å²) in [5.74, 6) is 0. The molecule has 1 rings (SSSR count). The quantitative estimate of drug-likeness (QED) is 0.449. The van der Waals surface area contributed by atoms with Crippen molar-refractivity contribution in [1.82, 2.24) is 4.90 Å². The third-order valence-corrected chi connectivity index (χ3v) is 2.72. The molecule has 0 radical (unpaired) electrons. The standard InChI is InChI=1S/C12H23N/c1-2-3-4-5-7-10-13-11-8-6-9-12-13/h6,8H,2-5,7,9-12H2,1H3. The molecule has 13 heavy (non-hydrogen) atoms. The van der Waals surface area contributed by atoms with E-state index in [1.54, 1.807) is 0 Å². The molecule has 0 atom stereocenters. The minimum atomic E-state index is 1.19. The average Bonchev–Trinajstić information content (AvgIpc) is 2.19. The molecule has 0 spiro atoms. The van der Waals surface area contributed by atoms with Crippen LogP contribution in [0.25, 0.3) is 0 Å². The Balaban J connectivity index is 1.90. The maximum absolute atomic E-state index is 2.56. The van der Waals surface area contributed by atoms with Gasteiger partial charge in [-0.05, 0) is 19.4 Å². The molecule has 1 nitrogen and oxygen atoms in total. The van der Waals surface area contributed by atoms with Crippen LogP contribution >= 0.6 is 0 Å². The summed E-state index contributed by atoms with van der Waals surface area (Å²) in [4.78, 5) is 2.56. The highest BCUT2D eigenvalue weighted by Crippen LogP contribution is 2.06. The molecule has 0 fully saturated rings. The zero-order chi connectivity index (χ0) is 9.36. The number of unbranched alkanes of at least 4 members (excludes halogenated alkanes) is 4. The summed E-state index contributed by atoms with van der Waals surface area (Å²) in [6, 6.07) is 0. The molecule has 0 aromatic rings. The van der Waals surface area contributed by atoms with E-state index in [4.69, 9.17) is 0 Å². The maximum Gasteiger partial charge on any atom is 0.0163 e. The highest BCUT2D eigenvalue weighted by molar-refractivity contribution is 4.90. The predicted octanol–water partition coefficient (Wildman–Crippen LogP) is 3.22. The number of hydrogen-bond acceptors (Lipinski definition) is 1. The Morgan fingerprint density at radius 1 is 1.08 bits per heavy atom. The van der Waals surface area contributed by atoms with Crippen LogP contribution in [0.1, 0.15) is 45.4 Å². The van der Waals surface area contributed by atoms with Gasteiger partial charge in [0, 0.05) is 13.1 Å². The lowest BCUT2D eigenvalue weighted by Gasteiger charge is -2.22. The molecule has 76 valence electrons. The lowest BCUT2D eigenvalue weighted by molar-refractivity contribution is 0.290. The third-order valence-electron chi connectivity index (χ3n) is 2.72. The van der Waals surface area contributed by atoms with Crippen LogP contribution in [0.4, 0.5) is 0 Å².